The molecule has 1 amide bonds. The summed E-state index contributed by atoms with van der Waals surface area (Å²) in [5.41, 5.74) is 4.76. The van der Waals surface area contributed by atoms with Crippen LogP contribution >= 0.6 is 23.1 Å². The fraction of sp³-hybridized carbons (Fsp3) is 0.0870. The van der Waals surface area contributed by atoms with Crippen molar-refractivity contribution in [1.82, 2.24) is 10.4 Å². The van der Waals surface area contributed by atoms with Crippen molar-refractivity contribution in [2.45, 2.75) is 10.9 Å². The molecule has 0 saturated heterocycles. The minimum absolute atomic E-state index is 0.155. The molecule has 0 fully saturated rings. The lowest BCUT2D eigenvalue weighted by Crippen LogP contribution is -2.19. The van der Waals surface area contributed by atoms with Gasteiger partial charge in [-0.05, 0) is 48.0 Å². The van der Waals surface area contributed by atoms with Crippen LogP contribution < -0.4 is 10.2 Å². The van der Waals surface area contributed by atoms with Crippen molar-refractivity contribution in [3.05, 3.63) is 89.7 Å². The molecule has 0 bridgehead atoms. The smallest absolute Gasteiger partial charge is 0.250 e. The number of hydrogen-bond acceptors (Lipinski definition) is 6. The number of nitrogens with one attached hydrogen (secondary N) is 1. The number of amides is 1. The minimum Gasteiger partial charge on any atom is -0.489 e. The number of carbonyl (C=O) groups is 1. The molecule has 0 unspecified atom stereocenters. The largest absolute Gasteiger partial charge is 0.489 e. The van der Waals surface area contributed by atoms with Crippen LogP contribution in [-0.2, 0) is 11.4 Å². The summed E-state index contributed by atoms with van der Waals surface area (Å²) in [5.74, 6) is 0.366. The molecule has 0 radical (unpaired) electrons. The highest BCUT2D eigenvalue weighted by Crippen LogP contribution is 2.29. The van der Waals surface area contributed by atoms with Gasteiger partial charge in [0, 0.05) is 5.56 Å². The lowest BCUT2D eigenvalue weighted by molar-refractivity contribution is -0.118. The van der Waals surface area contributed by atoms with Gasteiger partial charge in [-0.2, -0.15) is 5.10 Å². The number of para-hydroxylation sites is 1. The third-order valence-electron chi connectivity index (χ3n) is 4.24. The van der Waals surface area contributed by atoms with Gasteiger partial charge in [-0.3, -0.25) is 4.79 Å². The molecule has 4 aromatic rings. The first-order valence-corrected chi connectivity index (χ1v) is 11.2. The van der Waals surface area contributed by atoms with Gasteiger partial charge in [-0.25, -0.2) is 14.8 Å². The van der Waals surface area contributed by atoms with E-state index in [9.17, 15) is 9.18 Å². The van der Waals surface area contributed by atoms with Gasteiger partial charge >= 0.3 is 0 Å². The van der Waals surface area contributed by atoms with E-state index >= 15 is 0 Å². The van der Waals surface area contributed by atoms with Crippen molar-refractivity contribution in [2.75, 3.05) is 5.75 Å². The van der Waals surface area contributed by atoms with Gasteiger partial charge < -0.3 is 4.74 Å². The van der Waals surface area contributed by atoms with Crippen LogP contribution in [-0.4, -0.2) is 22.9 Å². The Morgan fingerprint density at radius 3 is 2.68 bits per heavy atom. The molecule has 31 heavy (non-hydrogen) atoms. The topological polar surface area (TPSA) is 63.6 Å². The van der Waals surface area contributed by atoms with Crippen molar-refractivity contribution < 1.29 is 13.9 Å². The maximum absolute atomic E-state index is 13.6. The molecule has 5 nitrogen and oxygen atoms in total. The number of thiazole rings is 1. The summed E-state index contributed by atoms with van der Waals surface area (Å²) in [7, 11) is 0. The molecule has 1 N–H and O–H groups in total. The zero-order chi connectivity index (χ0) is 21.5. The standard InChI is InChI=1S/C23H18FN3O2S2/c24-19-6-2-1-5-17(19)14-29-18-11-9-16(10-12-18)13-25-27-22(28)15-30-23-26-20-7-3-4-8-21(20)31-23/h1-13H,14-15H2,(H,27,28)/b25-13+. The number of rotatable bonds is 8. The number of aromatic nitrogens is 1. The Balaban J connectivity index is 1.22. The van der Waals surface area contributed by atoms with E-state index in [0.29, 0.717) is 11.3 Å². The van der Waals surface area contributed by atoms with Crippen LogP contribution in [0.4, 0.5) is 4.39 Å². The monoisotopic (exact) mass is 451 g/mol. The van der Waals surface area contributed by atoms with Crippen molar-refractivity contribution in [3.8, 4) is 5.75 Å². The summed E-state index contributed by atoms with van der Waals surface area (Å²) >= 11 is 2.95. The summed E-state index contributed by atoms with van der Waals surface area (Å²) in [5, 5.41) is 3.99. The van der Waals surface area contributed by atoms with Gasteiger partial charge in [-0.1, -0.05) is 42.1 Å². The van der Waals surface area contributed by atoms with E-state index in [-0.39, 0.29) is 24.1 Å². The van der Waals surface area contributed by atoms with Crippen molar-refractivity contribution in [1.29, 1.82) is 0 Å². The van der Waals surface area contributed by atoms with Gasteiger partial charge in [0.2, 0.25) is 0 Å². The SMILES string of the molecule is O=C(CSc1nc2ccccc2s1)N/N=C/c1ccc(OCc2ccccc2F)cc1. The van der Waals surface area contributed by atoms with E-state index in [1.807, 2.05) is 36.4 Å². The molecule has 0 saturated carbocycles. The van der Waals surface area contributed by atoms with Gasteiger partial charge in [0.05, 0.1) is 22.2 Å². The zero-order valence-corrected chi connectivity index (χ0v) is 18.0. The van der Waals surface area contributed by atoms with Crippen LogP contribution in [0, 0.1) is 5.82 Å². The first kappa shape index (κ1) is 21.0. The molecular formula is C23H18FN3O2S2. The number of benzene rings is 3. The Morgan fingerprint density at radius 1 is 1.10 bits per heavy atom. The van der Waals surface area contributed by atoms with Crippen LogP contribution in [0.1, 0.15) is 11.1 Å². The number of halogens is 1. The second kappa shape index (κ2) is 10.2. The zero-order valence-electron chi connectivity index (χ0n) is 16.3. The van der Waals surface area contributed by atoms with Gasteiger partial charge in [0.25, 0.3) is 5.91 Å². The maximum Gasteiger partial charge on any atom is 0.250 e. The summed E-state index contributed by atoms with van der Waals surface area (Å²) < 4.78 is 21.2. The van der Waals surface area contributed by atoms with Crippen LogP contribution in [0.3, 0.4) is 0 Å². The first-order chi connectivity index (χ1) is 15.2. The summed E-state index contributed by atoms with van der Waals surface area (Å²) in [4.78, 5) is 16.5. The van der Waals surface area contributed by atoms with Gasteiger partial charge in [-0.15, -0.1) is 11.3 Å². The normalized spacial score (nSPS) is 11.1. The number of carbonyl (C=O) groups excluding carboxylic acids is 1. The van der Waals surface area contributed by atoms with Crippen molar-refractivity contribution in [2.24, 2.45) is 5.10 Å². The third-order valence-corrected chi connectivity index (χ3v) is 6.42. The predicted molar refractivity (Wildman–Crippen MR) is 123 cm³/mol. The first-order valence-electron chi connectivity index (χ1n) is 9.44. The average molecular weight is 452 g/mol. The number of hydrogen-bond donors (Lipinski definition) is 1. The second-order valence-electron chi connectivity index (χ2n) is 6.48. The highest BCUT2D eigenvalue weighted by Gasteiger charge is 2.07. The second-order valence-corrected chi connectivity index (χ2v) is 8.73. The van der Waals surface area contributed by atoms with Crippen LogP contribution in [0.2, 0.25) is 0 Å². The molecule has 0 aliphatic carbocycles. The van der Waals surface area contributed by atoms with Crippen LogP contribution in [0.15, 0.2) is 82.2 Å². The molecule has 8 heteroatoms. The van der Waals surface area contributed by atoms with Gasteiger partial charge in [0.1, 0.15) is 18.2 Å². The Labute approximate surface area is 187 Å². The molecule has 4 rings (SSSR count). The Bertz CT molecular complexity index is 1180. The predicted octanol–water partition coefficient (Wildman–Crippen LogP) is 5.26. The van der Waals surface area contributed by atoms with Gasteiger partial charge in [0.15, 0.2) is 4.34 Å². The quantitative estimate of drug-likeness (QED) is 0.226. The van der Waals surface area contributed by atoms with Crippen LogP contribution in [0.25, 0.3) is 10.2 Å². The van der Waals surface area contributed by atoms with Crippen molar-refractivity contribution >= 4 is 45.4 Å². The Hall–Kier alpha value is -3.23. The number of nitrogens with zero attached hydrogens (tertiary/aromatic N) is 2. The van der Waals surface area contributed by atoms with E-state index in [1.165, 1.54) is 17.8 Å². The number of ether oxygens (including phenoxy) is 1. The number of hydrazone groups is 1. The molecule has 1 heterocycles. The molecular weight excluding hydrogens is 433 g/mol. The van der Waals surface area contributed by atoms with Crippen molar-refractivity contribution in [3.63, 3.8) is 0 Å². The summed E-state index contributed by atoms with van der Waals surface area (Å²) in [6, 6.07) is 21.5. The highest BCUT2D eigenvalue weighted by atomic mass is 32.2. The fourth-order valence-corrected chi connectivity index (χ4v) is 4.54. The molecule has 156 valence electrons. The number of thioether (sulfide) groups is 1. The maximum atomic E-state index is 13.6. The summed E-state index contributed by atoms with van der Waals surface area (Å²) in [6.45, 7) is 0.155. The van der Waals surface area contributed by atoms with E-state index in [0.717, 1.165) is 20.1 Å². The average Bonchev–Trinajstić information content (AvgIpc) is 3.21. The minimum atomic E-state index is -0.289. The molecule has 1 aromatic heterocycles. The van der Waals surface area contributed by atoms with E-state index in [4.69, 9.17) is 4.74 Å². The molecule has 0 atom stereocenters. The van der Waals surface area contributed by atoms with E-state index in [2.05, 4.69) is 15.5 Å². The lowest BCUT2D eigenvalue weighted by atomic mass is 10.2. The Morgan fingerprint density at radius 2 is 1.87 bits per heavy atom. The van der Waals surface area contributed by atoms with E-state index < -0.39 is 0 Å². The van der Waals surface area contributed by atoms with E-state index in [1.54, 1.807) is 47.9 Å². The number of fused-ring (bicyclic) bond motifs is 1. The Kier molecular flexibility index (Phi) is 6.91. The molecule has 3 aromatic carbocycles. The fourth-order valence-electron chi connectivity index (χ4n) is 2.68. The molecule has 0 aliphatic rings. The third kappa shape index (κ3) is 5.90. The molecule has 0 aliphatic heterocycles. The van der Waals surface area contributed by atoms with Crippen LogP contribution in [0.5, 0.6) is 5.75 Å². The molecule has 0 spiro atoms. The highest BCUT2D eigenvalue weighted by molar-refractivity contribution is 8.01. The summed E-state index contributed by atoms with van der Waals surface area (Å²) in [6.07, 6.45) is 1.56. The lowest BCUT2D eigenvalue weighted by Gasteiger charge is -2.07.